The van der Waals surface area contributed by atoms with Crippen LogP contribution < -0.4 is 10.1 Å². The SMILES string of the molecule is COc1ccc(CC(=O)NC(C)(C)CN2CCCC2)cc1[N+](=O)[O-]. The van der Waals surface area contributed by atoms with Gasteiger partial charge in [-0.25, -0.2) is 0 Å². The molecular weight excluding hydrogens is 310 g/mol. The van der Waals surface area contributed by atoms with E-state index in [1.807, 2.05) is 13.8 Å². The topological polar surface area (TPSA) is 84.7 Å². The Hall–Kier alpha value is -2.15. The van der Waals surface area contributed by atoms with Crippen molar-refractivity contribution < 1.29 is 14.5 Å². The van der Waals surface area contributed by atoms with E-state index in [1.165, 1.54) is 32.1 Å². The van der Waals surface area contributed by atoms with Crippen molar-refractivity contribution in [3.8, 4) is 5.75 Å². The van der Waals surface area contributed by atoms with Gasteiger partial charge in [0.2, 0.25) is 5.91 Å². The zero-order valence-corrected chi connectivity index (χ0v) is 14.5. The van der Waals surface area contributed by atoms with Crippen molar-refractivity contribution >= 4 is 11.6 Å². The second-order valence-electron chi connectivity index (χ2n) is 6.86. The highest BCUT2D eigenvalue weighted by molar-refractivity contribution is 5.79. The van der Waals surface area contributed by atoms with Crippen LogP contribution in [0.25, 0.3) is 0 Å². The normalized spacial score (nSPS) is 15.3. The Morgan fingerprint density at radius 3 is 2.62 bits per heavy atom. The molecule has 1 aromatic carbocycles. The maximum absolute atomic E-state index is 12.3. The lowest BCUT2D eigenvalue weighted by Gasteiger charge is -2.31. The second kappa shape index (κ2) is 7.61. The highest BCUT2D eigenvalue weighted by atomic mass is 16.6. The first-order valence-corrected chi connectivity index (χ1v) is 8.15. The predicted molar refractivity (Wildman–Crippen MR) is 91.2 cm³/mol. The minimum Gasteiger partial charge on any atom is -0.490 e. The minimum absolute atomic E-state index is 0.105. The van der Waals surface area contributed by atoms with Crippen molar-refractivity contribution in [1.82, 2.24) is 10.2 Å². The summed E-state index contributed by atoms with van der Waals surface area (Å²) >= 11 is 0. The molecule has 1 saturated heterocycles. The molecule has 1 fully saturated rings. The van der Waals surface area contributed by atoms with Gasteiger partial charge in [0, 0.05) is 18.2 Å². The number of benzene rings is 1. The monoisotopic (exact) mass is 335 g/mol. The van der Waals surface area contributed by atoms with Crippen LogP contribution in [0.15, 0.2) is 18.2 Å². The average Bonchev–Trinajstić information content (AvgIpc) is 2.98. The molecule has 1 aliphatic heterocycles. The summed E-state index contributed by atoms with van der Waals surface area (Å²) < 4.78 is 4.97. The van der Waals surface area contributed by atoms with Gasteiger partial charge in [0.1, 0.15) is 0 Å². The molecule has 7 heteroatoms. The number of carbonyl (C=O) groups is 1. The summed E-state index contributed by atoms with van der Waals surface area (Å²) in [5.41, 5.74) is 0.135. The van der Waals surface area contributed by atoms with Crippen molar-refractivity contribution in [2.75, 3.05) is 26.7 Å². The fraction of sp³-hybridized carbons (Fsp3) is 0.588. The Balaban J connectivity index is 1.98. The Bertz CT molecular complexity index is 610. The molecule has 0 atom stereocenters. The molecule has 0 spiro atoms. The maximum atomic E-state index is 12.3. The molecule has 7 nitrogen and oxygen atoms in total. The summed E-state index contributed by atoms with van der Waals surface area (Å²) in [6.45, 7) is 6.95. The Morgan fingerprint density at radius 2 is 2.04 bits per heavy atom. The standard InChI is InChI=1S/C17H25N3O4/c1-17(2,12-19-8-4-5-9-19)18-16(21)11-13-6-7-15(24-3)14(10-13)20(22)23/h6-7,10H,4-5,8-9,11-12H2,1-3H3,(H,18,21). The number of methoxy groups -OCH3 is 1. The van der Waals surface area contributed by atoms with Gasteiger partial charge in [0.05, 0.1) is 18.5 Å². The van der Waals surface area contributed by atoms with Crippen molar-refractivity contribution in [3.05, 3.63) is 33.9 Å². The summed E-state index contributed by atoms with van der Waals surface area (Å²) in [6.07, 6.45) is 2.52. The smallest absolute Gasteiger partial charge is 0.311 e. The van der Waals surface area contributed by atoms with Gasteiger partial charge in [0.25, 0.3) is 0 Å². The second-order valence-corrected chi connectivity index (χ2v) is 6.86. The van der Waals surface area contributed by atoms with Crippen molar-refractivity contribution in [2.24, 2.45) is 0 Å². The van der Waals surface area contributed by atoms with Gasteiger partial charge < -0.3 is 15.0 Å². The zero-order chi connectivity index (χ0) is 17.7. The zero-order valence-electron chi connectivity index (χ0n) is 14.5. The summed E-state index contributed by atoms with van der Waals surface area (Å²) in [5.74, 6) is 0.0529. The summed E-state index contributed by atoms with van der Waals surface area (Å²) in [7, 11) is 1.38. The number of hydrogen-bond acceptors (Lipinski definition) is 5. The Morgan fingerprint density at radius 1 is 1.38 bits per heavy atom. The number of likely N-dealkylation sites (tertiary alicyclic amines) is 1. The summed E-state index contributed by atoms with van der Waals surface area (Å²) in [4.78, 5) is 25.2. The molecule has 24 heavy (non-hydrogen) atoms. The molecule has 1 amide bonds. The molecule has 1 aromatic rings. The van der Waals surface area contributed by atoms with Crippen LogP contribution in [0.1, 0.15) is 32.3 Å². The molecule has 1 N–H and O–H groups in total. The van der Waals surface area contributed by atoms with Gasteiger partial charge in [-0.05, 0) is 51.4 Å². The van der Waals surface area contributed by atoms with Crippen LogP contribution in [0.4, 0.5) is 5.69 Å². The highest BCUT2D eigenvalue weighted by Gasteiger charge is 2.25. The highest BCUT2D eigenvalue weighted by Crippen LogP contribution is 2.27. The number of hydrogen-bond donors (Lipinski definition) is 1. The number of nitrogens with zero attached hydrogens (tertiary/aromatic N) is 2. The van der Waals surface area contributed by atoms with Crippen LogP contribution in [-0.4, -0.2) is 48.0 Å². The summed E-state index contributed by atoms with van der Waals surface area (Å²) in [6, 6.07) is 4.60. The van der Waals surface area contributed by atoms with Crippen molar-refractivity contribution in [3.63, 3.8) is 0 Å². The van der Waals surface area contributed by atoms with Crippen LogP contribution >= 0.6 is 0 Å². The van der Waals surface area contributed by atoms with Gasteiger partial charge in [-0.3, -0.25) is 14.9 Å². The molecule has 0 aliphatic carbocycles. The third kappa shape index (κ3) is 4.92. The largest absolute Gasteiger partial charge is 0.490 e. The van der Waals surface area contributed by atoms with E-state index in [1.54, 1.807) is 6.07 Å². The third-order valence-electron chi connectivity index (χ3n) is 4.10. The molecule has 1 heterocycles. The van der Waals surface area contributed by atoms with E-state index >= 15 is 0 Å². The first-order valence-electron chi connectivity index (χ1n) is 8.15. The van der Waals surface area contributed by atoms with E-state index in [9.17, 15) is 14.9 Å². The molecule has 0 saturated carbocycles. The fourth-order valence-corrected chi connectivity index (χ4v) is 3.13. The number of ether oxygens (including phenoxy) is 1. The van der Waals surface area contributed by atoms with Crippen LogP contribution in [0, 0.1) is 10.1 Å². The lowest BCUT2D eigenvalue weighted by molar-refractivity contribution is -0.385. The molecule has 132 valence electrons. The van der Waals surface area contributed by atoms with Crippen LogP contribution in [0.5, 0.6) is 5.75 Å². The number of carbonyl (C=O) groups excluding carboxylic acids is 1. The van der Waals surface area contributed by atoms with Gasteiger partial charge in [0.15, 0.2) is 5.75 Å². The Labute approximate surface area is 142 Å². The Kier molecular flexibility index (Phi) is 5.77. The van der Waals surface area contributed by atoms with Crippen LogP contribution in [0.3, 0.4) is 0 Å². The fourth-order valence-electron chi connectivity index (χ4n) is 3.13. The first kappa shape index (κ1) is 18.2. The van der Waals surface area contributed by atoms with Crippen LogP contribution in [0.2, 0.25) is 0 Å². The minimum atomic E-state index is -0.502. The number of amides is 1. The molecular formula is C17H25N3O4. The van der Waals surface area contributed by atoms with Gasteiger partial charge in [-0.2, -0.15) is 0 Å². The number of nitro groups is 1. The molecule has 1 aliphatic rings. The third-order valence-corrected chi connectivity index (χ3v) is 4.10. The van der Waals surface area contributed by atoms with E-state index in [2.05, 4.69) is 10.2 Å². The van der Waals surface area contributed by atoms with E-state index in [0.29, 0.717) is 5.56 Å². The molecule has 2 rings (SSSR count). The van der Waals surface area contributed by atoms with Gasteiger partial charge >= 0.3 is 5.69 Å². The molecule has 0 bridgehead atoms. The van der Waals surface area contributed by atoms with E-state index in [0.717, 1.165) is 19.6 Å². The molecule has 0 radical (unpaired) electrons. The number of nitrogens with one attached hydrogen (secondary N) is 1. The van der Waals surface area contributed by atoms with Crippen molar-refractivity contribution in [1.29, 1.82) is 0 Å². The summed E-state index contributed by atoms with van der Waals surface area (Å²) in [5, 5.41) is 14.1. The van der Waals surface area contributed by atoms with Gasteiger partial charge in [-0.1, -0.05) is 6.07 Å². The number of nitro benzene ring substituents is 1. The lowest BCUT2D eigenvalue weighted by Crippen LogP contribution is -2.51. The van der Waals surface area contributed by atoms with E-state index < -0.39 is 4.92 Å². The quantitative estimate of drug-likeness (QED) is 0.609. The van der Waals surface area contributed by atoms with E-state index in [4.69, 9.17) is 4.74 Å². The van der Waals surface area contributed by atoms with Gasteiger partial charge in [-0.15, -0.1) is 0 Å². The molecule has 0 aromatic heterocycles. The lowest BCUT2D eigenvalue weighted by atomic mass is 10.0. The molecule has 0 unspecified atom stereocenters. The number of rotatable bonds is 7. The maximum Gasteiger partial charge on any atom is 0.311 e. The van der Waals surface area contributed by atoms with E-state index in [-0.39, 0.29) is 29.3 Å². The predicted octanol–water partition coefficient (Wildman–Crippen LogP) is 2.14. The van der Waals surface area contributed by atoms with Crippen molar-refractivity contribution in [2.45, 2.75) is 38.6 Å². The van der Waals surface area contributed by atoms with Crippen LogP contribution in [-0.2, 0) is 11.2 Å². The first-order chi connectivity index (χ1) is 11.3. The average molecular weight is 335 g/mol.